The highest BCUT2D eigenvalue weighted by atomic mass is 14.2. The summed E-state index contributed by atoms with van der Waals surface area (Å²) in [5.41, 5.74) is 6.06. The molecule has 0 aliphatic carbocycles. The Kier molecular flexibility index (Phi) is 7.74. The minimum Gasteiger partial charge on any atom is -0.0654 e. The molecule has 0 saturated heterocycles. The molecule has 26 heavy (non-hydrogen) atoms. The summed E-state index contributed by atoms with van der Waals surface area (Å²) in [6.07, 6.45) is 7.57. The Morgan fingerprint density at radius 1 is 0.769 bits per heavy atom. The molecule has 0 amide bonds. The van der Waals surface area contributed by atoms with Crippen molar-refractivity contribution in [3.63, 3.8) is 0 Å². The first kappa shape index (κ1) is 21.0. The number of aryl methyl sites for hydroxylation is 1. The van der Waals surface area contributed by atoms with E-state index in [0.717, 1.165) is 11.8 Å². The van der Waals surface area contributed by atoms with Gasteiger partial charge in [-0.2, -0.15) is 0 Å². The first-order valence-corrected chi connectivity index (χ1v) is 10.9. The Hall–Kier alpha value is -1.30. The third kappa shape index (κ3) is 5.12. The molecule has 0 aliphatic heterocycles. The molecule has 0 saturated carbocycles. The van der Waals surface area contributed by atoms with E-state index in [1.54, 1.807) is 11.1 Å². The fourth-order valence-electron chi connectivity index (χ4n) is 4.33. The molecule has 0 spiro atoms. The molecule has 1 atom stereocenters. The van der Waals surface area contributed by atoms with E-state index in [9.17, 15) is 0 Å². The number of hydrogen-bond donors (Lipinski definition) is 0. The van der Waals surface area contributed by atoms with E-state index < -0.39 is 0 Å². The summed E-state index contributed by atoms with van der Waals surface area (Å²) < 4.78 is 0. The molecule has 0 bridgehead atoms. The molecule has 2 aromatic rings. The van der Waals surface area contributed by atoms with Crippen LogP contribution in [0, 0.1) is 18.8 Å². The van der Waals surface area contributed by atoms with Crippen molar-refractivity contribution in [2.75, 3.05) is 0 Å². The monoisotopic (exact) mass is 352 g/mol. The minimum atomic E-state index is 0.585. The molecule has 1 unspecified atom stereocenters. The van der Waals surface area contributed by atoms with Crippen molar-refractivity contribution < 1.29 is 0 Å². The van der Waals surface area contributed by atoms with E-state index in [1.165, 1.54) is 60.4 Å². The number of rotatable bonds is 9. The molecule has 0 aliphatic rings. The molecular formula is C26H40. The second kappa shape index (κ2) is 9.58. The summed E-state index contributed by atoms with van der Waals surface area (Å²) in [6.45, 7) is 16.3. The van der Waals surface area contributed by atoms with Crippen LogP contribution < -0.4 is 0 Å². The summed E-state index contributed by atoms with van der Waals surface area (Å²) in [5.74, 6) is 2.14. The van der Waals surface area contributed by atoms with Crippen molar-refractivity contribution in [2.45, 2.75) is 92.9 Å². The van der Waals surface area contributed by atoms with Crippen molar-refractivity contribution in [2.24, 2.45) is 11.8 Å². The van der Waals surface area contributed by atoms with Gasteiger partial charge in [0.25, 0.3) is 0 Å². The molecular weight excluding hydrogens is 312 g/mol. The van der Waals surface area contributed by atoms with Crippen LogP contribution in [0.15, 0.2) is 24.3 Å². The van der Waals surface area contributed by atoms with E-state index in [1.807, 2.05) is 0 Å². The fraction of sp³-hybridized carbons (Fsp3) is 0.615. The molecule has 0 aromatic heterocycles. The third-order valence-electron chi connectivity index (χ3n) is 6.09. The van der Waals surface area contributed by atoms with Gasteiger partial charge in [0, 0.05) is 0 Å². The predicted octanol–water partition coefficient (Wildman–Crippen LogP) is 8.23. The quantitative estimate of drug-likeness (QED) is 0.426. The maximum atomic E-state index is 2.50. The van der Waals surface area contributed by atoms with Crippen LogP contribution >= 0.6 is 0 Å². The first-order chi connectivity index (χ1) is 12.4. The Labute approximate surface area is 162 Å². The van der Waals surface area contributed by atoms with Gasteiger partial charge < -0.3 is 0 Å². The van der Waals surface area contributed by atoms with Gasteiger partial charge in [-0.15, -0.1) is 0 Å². The largest absolute Gasteiger partial charge is 0.0654 e. The smallest absolute Gasteiger partial charge is 0.0146 e. The normalized spacial score (nSPS) is 13.1. The first-order valence-electron chi connectivity index (χ1n) is 10.9. The highest BCUT2D eigenvalue weighted by Gasteiger charge is 2.15. The zero-order chi connectivity index (χ0) is 19.3. The molecule has 144 valence electrons. The molecule has 0 nitrogen and oxygen atoms in total. The van der Waals surface area contributed by atoms with Crippen LogP contribution in [0.3, 0.4) is 0 Å². The second-order valence-corrected chi connectivity index (χ2v) is 8.84. The van der Waals surface area contributed by atoms with Crippen LogP contribution in [0.5, 0.6) is 0 Å². The second-order valence-electron chi connectivity index (χ2n) is 8.84. The topological polar surface area (TPSA) is 0 Å². The lowest BCUT2D eigenvalue weighted by molar-refractivity contribution is 0.491. The summed E-state index contributed by atoms with van der Waals surface area (Å²) >= 11 is 0. The molecule has 2 rings (SSSR count). The molecule has 2 aromatic carbocycles. The highest BCUT2D eigenvalue weighted by molar-refractivity contribution is 5.90. The van der Waals surface area contributed by atoms with Gasteiger partial charge in [0.05, 0.1) is 0 Å². The minimum absolute atomic E-state index is 0.585. The standard InChI is InChI=1S/C26H40/c1-8-11-19(6)12-23-13-20(7)14-25-24(15-21(9-2)10-3)16-22(18(4)5)17-26(23)25/h13-14,16-19,21H,8-12,15H2,1-7H3. The van der Waals surface area contributed by atoms with Gasteiger partial charge in [0.2, 0.25) is 0 Å². The van der Waals surface area contributed by atoms with Crippen molar-refractivity contribution in [1.29, 1.82) is 0 Å². The number of hydrogen-bond acceptors (Lipinski definition) is 0. The Balaban J connectivity index is 2.61. The van der Waals surface area contributed by atoms with Gasteiger partial charge in [-0.1, -0.05) is 97.1 Å². The lowest BCUT2D eigenvalue weighted by Crippen LogP contribution is -2.06. The van der Waals surface area contributed by atoms with E-state index in [0.29, 0.717) is 5.92 Å². The molecule has 0 radical (unpaired) electrons. The van der Waals surface area contributed by atoms with Gasteiger partial charge in [-0.3, -0.25) is 0 Å². The van der Waals surface area contributed by atoms with Crippen LogP contribution in [0.2, 0.25) is 0 Å². The van der Waals surface area contributed by atoms with Crippen molar-refractivity contribution in [1.82, 2.24) is 0 Å². The van der Waals surface area contributed by atoms with Gasteiger partial charge in [0.1, 0.15) is 0 Å². The van der Waals surface area contributed by atoms with Crippen molar-refractivity contribution >= 4 is 10.8 Å². The zero-order valence-electron chi connectivity index (χ0n) is 18.3. The van der Waals surface area contributed by atoms with Crippen LogP contribution in [0.1, 0.15) is 95.4 Å². The van der Waals surface area contributed by atoms with Crippen LogP contribution in [-0.4, -0.2) is 0 Å². The number of benzene rings is 2. The average molecular weight is 353 g/mol. The Morgan fingerprint density at radius 3 is 1.96 bits per heavy atom. The van der Waals surface area contributed by atoms with Crippen LogP contribution in [-0.2, 0) is 12.8 Å². The van der Waals surface area contributed by atoms with Gasteiger partial charge in [-0.25, -0.2) is 0 Å². The molecule has 0 N–H and O–H groups in total. The van der Waals surface area contributed by atoms with E-state index in [2.05, 4.69) is 72.7 Å². The maximum Gasteiger partial charge on any atom is -0.0146 e. The SMILES string of the molecule is CCCC(C)Cc1cc(C)cc2c(CC(CC)CC)cc(C(C)C)cc12. The van der Waals surface area contributed by atoms with Gasteiger partial charge in [0.15, 0.2) is 0 Å². The van der Waals surface area contributed by atoms with Crippen LogP contribution in [0.25, 0.3) is 10.8 Å². The Morgan fingerprint density at radius 2 is 1.38 bits per heavy atom. The summed E-state index contributed by atoms with van der Waals surface area (Å²) in [5, 5.41) is 3.03. The maximum absolute atomic E-state index is 2.50. The zero-order valence-corrected chi connectivity index (χ0v) is 18.3. The third-order valence-corrected chi connectivity index (χ3v) is 6.09. The lowest BCUT2D eigenvalue weighted by atomic mass is 9.85. The summed E-state index contributed by atoms with van der Waals surface area (Å²) in [6, 6.07) is 9.87. The van der Waals surface area contributed by atoms with Gasteiger partial charge >= 0.3 is 0 Å². The summed E-state index contributed by atoms with van der Waals surface area (Å²) in [7, 11) is 0. The van der Waals surface area contributed by atoms with E-state index in [-0.39, 0.29) is 0 Å². The summed E-state index contributed by atoms with van der Waals surface area (Å²) in [4.78, 5) is 0. The number of fused-ring (bicyclic) bond motifs is 1. The lowest BCUT2D eigenvalue weighted by Gasteiger charge is -2.20. The fourth-order valence-corrected chi connectivity index (χ4v) is 4.33. The highest BCUT2D eigenvalue weighted by Crippen LogP contribution is 2.33. The van der Waals surface area contributed by atoms with Crippen LogP contribution in [0.4, 0.5) is 0 Å². The Bertz CT molecular complexity index is 704. The molecule has 0 fully saturated rings. The predicted molar refractivity (Wildman–Crippen MR) is 118 cm³/mol. The molecule has 0 heteroatoms. The van der Waals surface area contributed by atoms with Crippen molar-refractivity contribution in [3.8, 4) is 0 Å². The molecule has 0 heterocycles. The van der Waals surface area contributed by atoms with E-state index >= 15 is 0 Å². The van der Waals surface area contributed by atoms with Gasteiger partial charge in [-0.05, 0) is 65.0 Å². The van der Waals surface area contributed by atoms with Crippen molar-refractivity contribution in [3.05, 3.63) is 46.5 Å². The average Bonchev–Trinajstić information content (AvgIpc) is 2.59. The van der Waals surface area contributed by atoms with E-state index in [4.69, 9.17) is 0 Å².